The second-order valence-electron chi connectivity index (χ2n) is 3.45. The molecule has 7 nitrogen and oxygen atoms in total. The van der Waals surface area contributed by atoms with Crippen molar-refractivity contribution in [1.29, 1.82) is 0 Å². The third-order valence-electron chi connectivity index (χ3n) is 1.92. The normalized spacial score (nSPS) is 11.8. The first kappa shape index (κ1) is 15.8. The number of nitrogens with two attached hydrogens (primary N) is 1. The molecule has 0 unspecified atom stereocenters. The predicted octanol–water partition coefficient (Wildman–Crippen LogP) is 0.757. The van der Waals surface area contributed by atoms with Gasteiger partial charge in [0.1, 0.15) is 0 Å². The molecule has 0 saturated heterocycles. The van der Waals surface area contributed by atoms with Gasteiger partial charge in [0.05, 0.1) is 0 Å². The van der Waals surface area contributed by atoms with Gasteiger partial charge in [0, 0.05) is 11.3 Å². The number of hydrogen-bond donors (Lipinski definition) is 3. The van der Waals surface area contributed by atoms with E-state index < -0.39 is 33.0 Å². The molecule has 0 fully saturated rings. The summed E-state index contributed by atoms with van der Waals surface area (Å²) >= 11 is 0. The highest BCUT2D eigenvalue weighted by atomic mass is 32.2. The lowest BCUT2D eigenvalue weighted by atomic mass is 10.2. The standard InChI is InChI=1S/C9H8F3N3O4S/c10-9(11,12)20(18,19)15-7(16)5-2-1-3-6(4-5)14-8(13)17/h1-4H,(H,15,16)(H3,13,14,17). The Labute approximate surface area is 111 Å². The van der Waals surface area contributed by atoms with E-state index in [1.54, 1.807) is 0 Å². The Morgan fingerprint density at radius 3 is 2.30 bits per heavy atom. The molecule has 0 bridgehead atoms. The number of benzene rings is 1. The number of amides is 3. The monoisotopic (exact) mass is 311 g/mol. The minimum Gasteiger partial charge on any atom is -0.351 e. The fourth-order valence-electron chi connectivity index (χ4n) is 1.12. The highest BCUT2D eigenvalue weighted by Crippen LogP contribution is 2.22. The Bertz CT molecular complexity index is 642. The molecule has 11 heteroatoms. The van der Waals surface area contributed by atoms with Crippen LogP contribution in [0.1, 0.15) is 10.4 Å². The Balaban J connectivity index is 2.97. The van der Waals surface area contributed by atoms with Gasteiger partial charge in [0.15, 0.2) is 0 Å². The van der Waals surface area contributed by atoms with Crippen molar-refractivity contribution in [2.75, 3.05) is 5.32 Å². The second kappa shape index (κ2) is 5.36. The molecule has 1 aromatic carbocycles. The lowest BCUT2D eigenvalue weighted by Gasteiger charge is -2.10. The minimum atomic E-state index is -5.79. The number of carbonyl (C=O) groups is 2. The van der Waals surface area contributed by atoms with Crippen molar-refractivity contribution in [2.24, 2.45) is 5.73 Å². The van der Waals surface area contributed by atoms with Gasteiger partial charge in [-0.3, -0.25) is 4.79 Å². The number of carbonyl (C=O) groups excluding carboxylic acids is 2. The molecule has 4 N–H and O–H groups in total. The Kier molecular flexibility index (Phi) is 4.23. The van der Waals surface area contributed by atoms with Crippen LogP contribution in [0.3, 0.4) is 0 Å². The van der Waals surface area contributed by atoms with Gasteiger partial charge in [-0.25, -0.2) is 9.52 Å². The van der Waals surface area contributed by atoms with E-state index in [2.05, 4.69) is 5.32 Å². The topological polar surface area (TPSA) is 118 Å². The molecular formula is C9H8F3N3O4S. The molecule has 0 spiro atoms. The maximum absolute atomic E-state index is 12.1. The van der Waals surface area contributed by atoms with Crippen molar-refractivity contribution in [2.45, 2.75) is 5.51 Å². The van der Waals surface area contributed by atoms with Crippen LogP contribution in [0.2, 0.25) is 0 Å². The van der Waals surface area contributed by atoms with Gasteiger partial charge < -0.3 is 11.1 Å². The Hall–Kier alpha value is -2.30. The molecule has 0 heterocycles. The first-order valence-corrected chi connectivity index (χ1v) is 6.31. The first-order chi connectivity index (χ1) is 9.03. The van der Waals surface area contributed by atoms with E-state index in [0.29, 0.717) is 0 Å². The smallest absolute Gasteiger partial charge is 0.351 e. The second-order valence-corrected chi connectivity index (χ2v) is 5.12. The fraction of sp³-hybridized carbons (Fsp3) is 0.111. The molecule has 0 aliphatic heterocycles. The van der Waals surface area contributed by atoms with Crippen LogP contribution in [-0.2, 0) is 10.0 Å². The number of urea groups is 1. The van der Waals surface area contributed by atoms with Crippen molar-refractivity contribution < 1.29 is 31.2 Å². The SMILES string of the molecule is NC(=O)Nc1cccc(C(=O)NS(=O)(=O)C(F)(F)F)c1. The molecule has 20 heavy (non-hydrogen) atoms. The predicted molar refractivity (Wildman–Crippen MR) is 62.1 cm³/mol. The summed E-state index contributed by atoms with van der Waals surface area (Å²) < 4.78 is 58.6. The fourth-order valence-corrected chi connectivity index (χ4v) is 1.60. The van der Waals surface area contributed by atoms with Gasteiger partial charge in [0.2, 0.25) is 0 Å². The largest absolute Gasteiger partial charge is 0.516 e. The Morgan fingerprint density at radius 1 is 1.20 bits per heavy atom. The number of rotatable bonds is 3. The van der Waals surface area contributed by atoms with E-state index in [0.717, 1.165) is 16.9 Å². The summed E-state index contributed by atoms with van der Waals surface area (Å²) in [6.07, 6.45) is 0. The van der Waals surface area contributed by atoms with Crippen molar-refractivity contribution in [3.8, 4) is 0 Å². The van der Waals surface area contributed by atoms with E-state index in [9.17, 15) is 31.2 Å². The third-order valence-corrected chi connectivity index (χ3v) is 2.99. The molecule has 0 aliphatic carbocycles. The van der Waals surface area contributed by atoms with Gasteiger partial charge in [-0.1, -0.05) is 6.07 Å². The van der Waals surface area contributed by atoms with Crippen LogP contribution < -0.4 is 15.8 Å². The maximum atomic E-state index is 12.1. The van der Waals surface area contributed by atoms with Crippen molar-refractivity contribution in [3.63, 3.8) is 0 Å². The zero-order valence-corrected chi connectivity index (χ0v) is 10.4. The van der Waals surface area contributed by atoms with Crippen LogP contribution in [0.25, 0.3) is 0 Å². The van der Waals surface area contributed by atoms with Gasteiger partial charge in [-0.05, 0) is 18.2 Å². The number of primary amides is 1. The number of hydrogen-bond acceptors (Lipinski definition) is 4. The quantitative estimate of drug-likeness (QED) is 0.763. The van der Waals surface area contributed by atoms with Gasteiger partial charge in [0.25, 0.3) is 5.91 Å². The average molecular weight is 311 g/mol. The summed E-state index contributed by atoms with van der Waals surface area (Å²) in [5.41, 5.74) is -1.17. The number of nitrogens with one attached hydrogen (secondary N) is 2. The summed E-state index contributed by atoms with van der Waals surface area (Å²) in [5.74, 6) is -1.49. The third kappa shape index (κ3) is 3.85. The highest BCUT2D eigenvalue weighted by molar-refractivity contribution is 7.90. The van der Waals surface area contributed by atoms with E-state index in [1.807, 2.05) is 0 Å². The number of alkyl halides is 3. The van der Waals surface area contributed by atoms with Gasteiger partial charge in [-0.15, -0.1) is 0 Å². The average Bonchev–Trinajstić information content (AvgIpc) is 2.26. The molecule has 0 aliphatic rings. The van der Waals surface area contributed by atoms with Gasteiger partial charge in [-0.2, -0.15) is 21.6 Å². The Morgan fingerprint density at radius 2 is 1.80 bits per heavy atom. The molecular weight excluding hydrogens is 303 g/mol. The van der Waals surface area contributed by atoms with Crippen molar-refractivity contribution in [3.05, 3.63) is 29.8 Å². The molecule has 110 valence electrons. The van der Waals surface area contributed by atoms with E-state index in [4.69, 9.17) is 5.73 Å². The summed E-state index contributed by atoms with van der Waals surface area (Å²) in [6, 6.07) is 3.60. The van der Waals surface area contributed by atoms with Crippen molar-refractivity contribution >= 4 is 27.6 Å². The van der Waals surface area contributed by atoms with Crippen LogP contribution >= 0.6 is 0 Å². The maximum Gasteiger partial charge on any atom is 0.516 e. The van der Waals surface area contributed by atoms with Crippen molar-refractivity contribution in [1.82, 2.24) is 4.72 Å². The molecule has 0 radical (unpaired) electrons. The highest BCUT2D eigenvalue weighted by Gasteiger charge is 2.47. The first-order valence-electron chi connectivity index (χ1n) is 4.83. The van der Waals surface area contributed by atoms with Crippen LogP contribution in [0.4, 0.5) is 23.7 Å². The lowest BCUT2D eigenvalue weighted by molar-refractivity contribution is -0.0446. The van der Waals surface area contributed by atoms with Crippen LogP contribution in [0, 0.1) is 0 Å². The summed E-state index contributed by atoms with van der Waals surface area (Å²) in [5, 5.41) is 2.08. The summed E-state index contributed by atoms with van der Waals surface area (Å²) in [6.45, 7) is 0. The van der Waals surface area contributed by atoms with Gasteiger partial charge >= 0.3 is 21.6 Å². The molecule has 0 atom stereocenters. The number of halogens is 3. The lowest BCUT2D eigenvalue weighted by Crippen LogP contribution is -2.40. The zero-order chi connectivity index (χ0) is 15.6. The minimum absolute atomic E-state index is 0.0227. The summed E-state index contributed by atoms with van der Waals surface area (Å²) in [7, 11) is -5.79. The van der Waals surface area contributed by atoms with Crippen LogP contribution in [0.5, 0.6) is 0 Å². The van der Waals surface area contributed by atoms with E-state index in [1.165, 1.54) is 12.1 Å². The van der Waals surface area contributed by atoms with E-state index in [-0.39, 0.29) is 5.69 Å². The van der Waals surface area contributed by atoms with Crippen LogP contribution in [-0.4, -0.2) is 25.9 Å². The molecule has 0 aromatic heterocycles. The molecule has 3 amide bonds. The number of sulfonamides is 1. The number of anilines is 1. The van der Waals surface area contributed by atoms with Crippen LogP contribution in [0.15, 0.2) is 24.3 Å². The summed E-state index contributed by atoms with van der Waals surface area (Å²) in [4.78, 5) is 22.0. The molecule has 1 rings (SSSR count). The zero-order valence-electron chi connectivity index (χ0n) is 9.56. The molecule has 0 saturated carbocycles. The van der Waals surface area contributed by atoms with E-state index >= 15 is 0 Å². The molecule has 1 aromatic rings.